The van der Waals surface area contributed by atoms with Crippen LogP contribution >= 0.6 is 0 Å². The van der Waals surface area contributed by atoms with Gasteiger partial charge < -0.3 is 18.9 Å². The summed E-state index contributed by atoms with van der Waals surface area (Å²) in [4.78, 5) is 0. The van der Waals surface area contributed by atoms with Gasteiger partial charge in [0.2, 0.25) is 0 Å². The zero-order valence-corrected chi connectivity index (χ0v) is 11.5. The smallest absolute Gasteiger partial charge is 0.197 e. The van der Waals surface area contributed by atoms with E-state index in [-0.39, 0.29) is 0 Å². The lowest BCUT2D eigenvalue weighted by atomic mass is 9.99. The second kappa shape index (κ2) is 5.75. The standard InChI is InChI=1S/C14H19FO4/c1-4-5-14(18-6-7-19-14)10-8-12(16-2)13(17-3)9-11(10)15/h8-9H,4-7H2,1-3H3. The number of methoxy groups -OCH3 is 2. The maximum atomic E-state index is 14.3. The van der Waals surface area contributed by atoms with Crippen LogP contribution < -0.4 is 9.47 Å². The Labute approximate surface area is 112 Å². The minimum absolute atomic E-state index is 0.355. The monoisotopic (exact) mass is 270 g/mol. The minimum atomic E-state index is -1.00. The molecule has 0 radical (unpaired) electrons. The Kier molecular flexibility index (Phi) is 4.27. The Bertz CT molecular complexity index is 441. The lowest BCUT2D eigenvalue weighted by Crippen LogP contribution is -2.28. The number of ether oxygens (including phenoxy) is 4. The number of benzene rings is 1. The maximum absolute atomic E-state index is 14.3. The highest BCUT2D eigenvalue weighted by Crippen LogP contribution is 2.41. The van der Waals surface area contributed by atoms with Gasteiger partial charge in [0.15, 0.2) is 17.3 Å². The van der Waals surface area contributed by atoms with Crippen molar-refractivity contribution in [2.45, 2.75) is 25.6 Å². The lowest BCUT2D eigenvalue weighted by Gasteiger charge is -2.28. The summed E-state index contributed by atoms with van der Waals surface area (Å²) in [6, 6.07) is 2.89. The fourth-order valence-corrected chi connectivity index (χ4v) is 2.36. The first-order valence-corrected chi connectivity index (χ1v) is 6.36. The van der Waals surface area contributed by atoms with Gasteiger partial charge in [0.25, 0.3) is 0 Å². The Morgan fingerprint density at radius 2 is 1.74 bits per heavy atom. The Balaban J connectivity index is 2.47. The second-order valence-corrected chi connectivity index (χ2v) is 4.39. The average Bonchev–Trinajstić information content (AvgIpc) is 2.88. The second-order valence-electron chi connectivity index (χ2n) is 4.39. The van der Waals surface area contributed by atoms with Gasteiger partial charge in [-0.25, -0.2) is 4.39 Å². The molecule has 1 aliphatic rings. The molecule has 0 aliphatic carbocycles. The molecule has 0 amide bonds. The molecule has 5 heteroatoms. The van der Waals surface area contributed by atoms with Gasteiger partial charge in [-0.15, -0.1) is 0 Å². The Morgan fingerprint density at radius 1 is 1.16 bits per heavy atom. The predicted octanol–water partition coefficient (Wildman–Crippen LogP) is 2.84. The summed E-state index contributed by atoms with van der Waals surface area (Å²) in [5.41, 5.74) is 0.365. The zero-order valence-electron chi connectivity index (χ0n) is 11.5. The number of hydrogen-bond donors (Lipinski definition) is 0. The topological polar surface area (TPSA) is 36.9 Å². The molecule has 0 bridgehead atoms. The van der Waals surface area contributed by atoms with Crippen LogP contribution in [0.5, 0.6) is 11.5 Å². The van der Waals surface area contributed by atoms with Crippen molar-refractivity contribution in [2.75, 3.05) is 27.4 Å². The molecule has 2 rings (SSSR count). The van der Waals surface area contributed by atoms with Crippen LogP contribution in [0.15, 0.2) is 12.1 Å². The molecule has 1 heterocycles. The fourth-order valence-electron chi connectivity index (χ4n) is 2.36. The van der Waals surface area contributed by atoms with Crippen molar-refractivity contribution < 1.29 is 23.3 Å². The molecule has 0 N–H and O–H groups in total. The third-order valence-corrected chi connectivity index (χ3v) is 3.22. The normalized spacial score (nSPS) is 17.5. The van der Waals surface area contributed by atoms with Gasteiger partial charge in [0, 0.05) is 12.5 Å². The first kappa shape index (κ1) is 14.1. The van der Waals surface area contributed by atoms with E-state index in [0.29, 0.717) is 36.7 Å². The van der Waals surface area contributed by atoms with Crippen LogP contribution in [-0.2, 0) is 15.3 Å². The van der Waals surface area contributed by atoms with Crippen LogP contribution in [0.2, 0.25) is 0 Å². The van der Waals surface area contributed by atoms with Gasteiger partial charge in [-0.2, -0.15) is 0 Å². The van der Waals surface area contributed by atoms with Crippen molar-refractivity contribution in [1.29, 1.82) is 0 Å². The van der Waals surface area contributed by atoms with Gasteiger partial charge in [-0.1, -0.05) is 13.3 Å². The van der Waals surface area contributed by atoms with Crippen LogP contribution in [0.25, 0.3) is 0 Å². The van der Waals surface area contributed by atoms with E-state index < -0.39 is 11.6 Å². The zero-order chi connectivity index (χ0) is 13.9. The number of rotatable bonds is 5. The molecule has 0 atom stereocenters. The van der Waals surface area contributed by atoms with Crippen molar-refractivity contribution in [3.05, 3.63) is 23.5 Å². The fraction of sp³-hybridized carbons (Fsp3) is 0.571. The number of hydrogen-bond acceptors (Lipinski definition) is 4. The quantitative estimate of drug-likeness (QED) is 0.824. The van der Waals surface area contributed by atoms with Crippen molar-refractivity contribution in [3.63, 3.8) is 0 Å². The molecule has 1 aromatic carbocycles. The molecule has 1 aliphatic heterocycles. The molecule has 1 saturated heterocycles. The molecule has 19 heavy (non-hydrogen) atoms. The summed E-state index contributed by atoms with van der Waals surface area (Å²) >= 11 is 0. The van der Waals surface area contributed by atoms with E-state index in [1.165, 1.54) is 20.3 Å². The van der Waals surface area contributed by atoms with Crippen molar-refractivity contribution >= 4 is 0 Å². The molecule has 0 unspecified atom stereocenters. The van der Waals surface area contributed by atoms with E-state index in [0.717, 1.165) is 6.42 Å². The number of halogens is 1. The molecule has 0 spiro atoms. The van der Waals surface area contributed by atoms with E-state index in [2.05, 4.69) is 0 Å². The van der Waals surface area contributed by atoms with E-state index in [1.807, 2.05) is 6.92 Å². The summed E-state index contributed by atoms with van der Waals surface area (Å²) in [5, 5.41) is 0. The molecule has 1 fully saturated rings. The van der Waals surface area contributed by atoms with Gasteiger partial charge in [-0.3, -0.25) is 0 Å². The maximum Gasteiger partial charge on any atom is 0.197 e. The molecular weight excluding hydrogens is 251 g/mol. The molecule has 1 aromatic rings. The van der Waals surface area contributed by atoms with Crippen LogP contribution in [0.4, 0.5) is 4.39 Å². The van der Waals surface area contributed by atoms with E-state index in [9.17, 15) is 4.39 Å². The van der Waals surface area contributed by atoms with Crippen LogP contribution in [-0.4, -0.2) is 27.4 Å². The molecule has 4 nitrogen and oxygen atoms in total. The largest absolute Gasteiger partial charge is 0.493 e. The van der Waals surface area contributed by atoms with Gasteiger partial charge in [0.1, 0.15) is 5.82 Å². The third-order valence-electron chi connectivity index (χ3n) is 3.22. The molecule has 0 saturated carbocycles. The van der Waals surface area contributed by atoms with Crippen molar-refractivity contribution in [3.8, 4) is 11.5 Å². The van der Waals surface area contributed by atoms with Crippen molar-refractivity contribution in [2.24, 2.45) is 0 Å². The Morgan fingerprint density at radius 3 is 2.26 bits per heavy atom. The highest BCUT2D eigenvalue weighted by molar-refractivity contribution is 5.45. The summed E-state index contributed by atoms with van der Waals surface area (Å²) in [6.07, 6.45) is 1.42. The first-order chi connectivity index (χ1) is 9.16. The van der Waals surface area contributed by atoms with Crippen LogP contribution in [0.1, 0.15) is 25.3 Å². The molecule has 106 valence electrons. The average molecular weight is 270 g/mol. The lowest BCUT2D eigenvalue weighted by molar-refractivity contribution is -0.173. The highest BCUT2D eigenvalue weighted by Gasteiger charge is 2.40. The van der Waals surface area contributed by atoms with Gasteiger partial charge >= 0.3 is 0 Å². The van der Waals surface area contributed by atoms with Gasteiger partial charge in [0.05, 0.1) is 33.0 Å². The summed E-state index contributed by atoms with van der Waals surface area (Å²) < 4.78 is 35.9. The summed E-state index contributed by atoms with van der Waals surface area (Å²) in [5.74, 6) is -0.590. The predicted molar refractivity (Wildman–Crippen MR) is 68.0 cm³/mol. The Hall–Kier alpha value is -1.33. The summed E-state index contributed by atoms with van der Waals surface area (Å²) in [7, 11) is 2.99. The summed E-state index contributed by atoms with van der Waals surface area (Å²) in [6.45, 7) is 2.94. The third kappa shape index (κ3) is 2.53. The first-order valence-electron chi connectivity index (χ1n) is 6.36. The molecular formula is C14H19FO4. The molecule has 0 aromatic heterocycles. The van der Waals surface area contributed by atoms with E-state index in [1.54, 1.807) is 6.07 Å². The minimum Gasteiger partial charge on any atom is -0.493 e. The van der Waals surface area contributed by atoms with Crippen molar-refractivity contribution in [1.82, 2.24) is 0 Å². The van der Waals surface area contributed by atoms with Gasteiger partial charge in [-0.05, 0) is 6.07 Å². The van der Waals surface area contributed by atoms with Crippen LogP contribution in [0, 0.1) is 5.82 Å². The highest BCUT2D eigenvalue weighted by atomic mass is 19.1. The SMILES string of the molecule is CCCC1(c2cc(OC)c(OC)cc2F)OCCO1. The van der Waals surface area contributed by atoms with E-state index in [4.69, 9.17) is 18.9 Å². The van der Waals surface area contributed by atoms with E-state index >= 15 is 0 Å². The van der Waals surface area contributed by atoms with Crippen LogP contribution in [0.3, 0.4) is 0 Å².